The zero-order chi connectivity index (χ0) is 16.5. The predicted molar refractivity (Wildman–Crippen MR) is 89.4 cm³/mol. The standard InChI is InChI=1S/C20H19NO3/c22-19(17-12-15-8-4-5-9-16(15)20(23)24-17)21-18(14-10-11-14)13-6-2-1-3-7-13/h1-9,14,17-18H,10-12H2,(H,21,22). The van der Waals surface area contributed by atoms with E-state index in [1.165, 1.54) is 0 Å². The van der Waals surface area contributed by atoms with Gasteiger partial charge < -0.3 is 10.1 Å². The van der Waals surface area contributed by atoms with Crippen LogP contribution < -0.4 is 5.32 Å². The first-order valence-electron chi connectivity index (χ1n) is 8.36. The third kappa shape index (κ3) is 2.92. The second-order valence-corrected chi connectivity index (χ2v) is 6.49. The lowest BCUT2D eigenvalue weighted by molar-refractivity contribution is -0.131. The fraction of sp³-hybridized carbons (Fsp3) is 0.300. The van der Waals surface area contributed by atoms with Gasteiger partial charge in [0.2, 0.25) is 0 Å². The van der Waals surface area contributed by atoms with Crippen molar-refractivity contribution in [2.24, 2.45) is 5.92 Å². The summed E-state index contributed by atoms with van der Waals surface area (Å²) in [5.41, 5.74) is 2.54. The quantitative estimate of drug-likeness (QED) is 0.881. The average molecular weight is 321 g/mol. The van der Waals surface area contributed by atoms with Crippen LogP contribution in [0.25, 0.3) is 0 Å². The fourth-order valence-electron chi connectivity index (χ4n) is 3.29. The normalized spacial score (nSPS) is 20.7. The Morgan fingerprint density at radius 1 is 1.04 bits per heavy atom. The fourth-order valence-corrected chi connectivity index (χ4v) is 3.29. The van der Waals surface area contributed by atoms with Gasteiger partial charge in [-0.15, -0.1) is 0 Å². The molecule has 0 radical (unpaired) electrons. The molecule has 2 atom stereocenters. The molecular weight excluding hydrogens is 302 g/mol. The van der Waals surface area contributed by atoms with Crippen LogP contribution in [0.3, 0.4) is 0 Å². The van der Waals surface area contributed by atoms with E-state index in [1.807, 2.05) is 42.5 Å². The van der Waals surface area contributed by atoms with E-state index in [9.17, 15) is 9.59 Å². The van der Waals surface area contributed by atoms with Crippen LogP contribution in [0.4, 0.5) is 0 Å². The van der Waals surface area contributed by atoms with Gasteiger partial charge in [0.15, 0.2) is 6.10 Å². The van der Waals surface area contributed by atoms with Gasteiger partial charge in [-0.25, -0.2) is 4.79 Å². The number of rotatable bonds is 4. The Morgan fingerprint density at radius 3 is 2.50 bits per heavy atom. The molecule has 24 heavy (non-hydrogen) atoms. The van der Waals surface area contributed by atoms with E-state index in [1.54, 1.807) is 12.1 Å². The van der Waals surface area contributed by atoms with Crippen LogP contribution in [0.2, 0.25) is 0 Å². The van der Waals surface area contributed by atoms with Gasteiger partial charge in [0, 0.05) is 6.42 Å². The first-order valence-corrected chi connectivity index (χ1v) is 8.36. The van der Waals surface area contributed by atoms with Crippen molar-refractivity contribution in [2.75, 3.05) is 0 Å². The zero-order valence-corrected chi connectivity index (χ0v) is 13.3. The van der Waals surface area contributed by atoms with Crippen molar-refractivity contribution in [3.05, 3.63) is 71.3 Å². The number of hydrogen-bond acceptors (Lipinski definition) is 3. The summed E-state index contributed by atoms with van der Waals surface area (Å²) < 4.78 is 5.36. The third-order valence-corrected chi connectivity index (χ3v) is 4.73. The molecule has 0 bridgehead atoms. The van der Waals surface area contributed by atoms with Crippen LogP contribution >= 0.6 is 0 Å². The van der Waals surface area contributed by atoms with Crippen molar-refractivity contribution in [2.45, 2.75) is 31.4 Å². The summed E-state index contributed by atoms with van der Waals surface area (Å²) in [6, 6.07) is 17.3. The van der Waals surface area contributed by atoms with Gasteiger partial charge in [0.05, 0.1) is 11.6 Å². The minimum atomic E-state index is -0.752. The Hall–Kier alpha value is -2.62. The van der Waals surface area contributed by atoms with Gasteiger partial charge in [0.25, 0.3) is 5.91 Å². The highest BCUT2D eigenvalue weighted by atomic mass is 16.5. The number of hydrogen-bond donors (Lipinski definition) is 1. The largest absolute Gasteiger partial charge is 0.448 e. The first-order chi connectivity index (χ1) is 11.7. The summed E-state index contributed by atoms with van der Waals surface area (Å²) in [6.45, 7) is 0. The molecule has 1 saturated carbocycles. The molecule has 1 N–H and O–H groups in total. The monoisotopic (exact) mass is 321 g/mol. The maximum absolute atomic E-state index is 12.7. The van der Waals surface area contributed by atoms with Crippen LogP contribution in [-0.4, -0.2) is 18.0 Å². The van der Waals surface area contributed by atoms with Crippen LogP contribution in [0.1, 0.15) is 40.4 Å². The smallest absolute Gasteiger partial charge is 0.339 e. The summed E-state index contributed by atoms with van der Waals surface area (Å²) in [5, 5.41) is 3.10. The van der Waals surface area contributed by atoms with Gasteiger partial charge >= 0.3 is 5.97 Å². The molecule has 1 aliphatic carbocycles. The van der Waals surface area contributed by atoms with E-state index >= 15 is 0 Å². The molecule has 1 fully saturated rings. The summed E-state index contributed by atoms with van der Waals surface area (Å²) >= 11 is 0. The molecule has 1 amide bonds. The number of ether oxygens (including phenoxy) is 1. The first kappa shape index (κ1) is 14.9. The number of amides is 1. The molecular formula is C20H19NO3. The maximum atomic E-state index is 12.7. The number of nitrogens with one attached hydrogen (secondary N) is 1. The molecule has 0 saturated heterocycles. The summed E-state index contributed by atoms with van der Waals surface area (Å²) in [6.07, 6.45) is 1.91. The van der Waals surface area contributed by atoms with Crippen molar-refractivity contribution in [3.8, 4) is 0 Å². The van der Waals surface area contributed by atoms with E-state index in [-0.39, 0.29) is 11.9 Å². The molecule has 4 nitrogen and oxygen atoms in total. The highest BCUT2D eigenvalue weighted by molar-refractivity contribution is 5.95. The van der Waals surface area contributed by atoms with Crippen molar-refractivity contribution in [1.82, 2.24) is 5.32 Å². The van der Waals surface area contributed by atoms with Crippen LogP contribution in [0.5, 0.6) is 0 Å². The molecule has 122 valence electrons. The minimum absolute atomic E-state index is 0.00503. The second kappa shape index (κ2) is 6.11. The SMILES string of the molecule is O=C1OC(C(=O)NC(c2ccccc2)C2CC2)Cc2ccccc21. The molecule has 1 heterocycles. The minimum Gasteiger partial charge on any atom is -0.448 e. The van der Waals surface area contributed by atoms with E-state index in [2.05, 4.69) is 5.32 Å². The molecule has 2 aliphatic rings. The zero-order valence-electron chi connectivity index (χ0n) is 13.3. The van der Waals surface area contributed by atoms with Crippen molar-refractivity contribution in [1.29, 1.82) is 0 Å². The molecule has 2 aromatic carbocycles. The Labute approximate surface area is 140 Å². The highest BCUT2D eigenvalue weighted by Gasteiger charge is 2.37. The summed E-state index contributed by atoms with van der Waals surface area (Å²) in [7, 11) is 0. The molecule has 4 heteroatoms. The summed E-state index contributed by atoms with van der Waals surface area (Å²) in [4.78, 5) is 24.8. The number of carbonyl (C=O) groups is 2. The lowest BCUT2D eigenvalue weighted by Crippen LogP contribution is -2.43. The van der Waals surface area contributed by atoms with Gasteiger partial charge in [0.1, 0.15) is 0 Å². The summed E-state index contributed by atoms with van der Waals surface area (Å²) in [5.74, 6) is -0.152. The Kier molecular flexibility index (Phi) is 3.81. The van der Waals surface area contributed by atoms with E-state index in [0.717, 1.165) is 24.0 Å². The number of carbonyl (C=O) groups excluding carboxylic acids is 2. The van der Waals surface area contributed by atoms with E-state index < -0.39 is 12.1 Å². The molecule has 1 aliphatic heterocycles. The third-order valence-electron chi connectivity index (χ3n) is 4.73. The second-order valence-electron chi connectivity index (χ2n) is 6.49. The Morgan fingerprint density at radius 2 is 1.75 bits per heavy atom. The van der Waals surface area contributed by atoms with Gasteiger partial charge in [-0.1, -0.05) is 48.5 Å². The van der Waals surface area contributed by atoms with Crippen molar-refractivity contribution >= 4 is 11.9 Å². The van der Waals surface area contributed by atoms with Crippen LogP contribution in [0.15, 0.2) is 54.6 Å². The maximum Gasteiger partial charge on any atom is 0.339 e. The number of fused-ring (bicyclic) bond motifs is 1. The molecule has 2 aromatic rings. The van der Waals surface area contributed by atoms with Gasteiger partial charge in [-0.2, -0.15) is 0 Å². The van der Waals surface area contributed by atoms with Gasteiger partial charge in [-0.05, 0) is 36.0 Å². The predicted octanol–water partition coefficient (Wildman–Crippen LogP) is 3.04. The number of benzene rings is 2. The number of esters is 1. The van der Waals surface area contributed by atoms with Crippen LogP contribution in [0, 0.1) is 5.92 Å². The topological polar surface area (TPSA) is 55.4 Å². The van der Waals surface area contributed by atoms with Crippen LogP contribution in [-0.2, 0) is 16.0 Å². The van der Waals surface area contributed by atoms with Crippen molar-refractivity contribution < 1.29 is 14.3 Å². The lowest BCUT2D eigenvalue weighted by atomic mass is 9.97. The highest BCUT2D eigenvalue weighted by Crippen LogP contribution is 2.41. The molecule has 0 aromatic heterocycles. The van der Waals surface area contributed by atoms with Crippen molar-refractivity contribution in [3.63, 3.8) is 0 Å². The molecule has 4 rings (SSSR count). The van der Waals surface area contributed by atoms with E-state index in [4.69, 9.17) is 4.74 Å². The molecule has 2 unspecified atom stereocenters. The molecule has 0 spiro atoms. The Balaban J connectivity index is 1.51. The average Bonchev–Trinajstić information content (AvgIpc) is 3.45. The number of cyclic esters (lactones) is 1. The Bertz CT molecular complexity index is 767. The van der Waals surface area contributed by atoms with Gasteiger partial charge in [-0.3, -0.25) is 4.79 Å². The van der Waals surface area contributed by atoms with E-state index in [0.29, 0.717) is 17.9 Å². The lowest BCUT2D eigenvalue weighted by Gasteiger charge is -2.26.